The van der Waals surface area contributed by atoms with E-state index in [-0.39, 0.29) is 5.78 Å². The van der Waals surface area contributed by atoms with Crippen molar-refractivity contribution in [2.45, 2.75) is 0 Å². The van der Waals surface area contributed by atoms with Gasteiger partial charge in [0, 0.05) is 5.56 Å². The summed E-state index contributed by atoms with van der Waals surface area (Å²) in [6.07, 6.45) is 5.95. The van der Waals surface area contributed by atoms with Gasteiger partial charge in [0.25, 0.3) is 0 Å². The molecule has 0 spiro atoms. The van der Waals surface area contributed by atoms with Gasteiger partial charge >= 0.3 is 0 Å². The summed E-state index contributed by atoms with van der Waals surface area (Å²) in [6, 6.07) is 9.42. The van der Waals surface area contributed by atoms with Gasteiger partial charge in [0.05, 0.1) is 9.14 Å². The summed E-state index contributed by atoms with van der Waals surface area (Å²) < 4.78 is 1.08. The molecule has 0 fully saturated rings. The highest BCUT2D eigenvalue weighted by Gasteiger charge is 2.15. The number of Topliss-reactive ketones (excluding diaryl/α,β-unsaturated/α-hetero) is 1. The lowest BCUT2D eigenvalue weighted by atomic mass is 10.1. The molecule has 0 N–H and O–H groups in total. The summed E-state index contributed by atoms with van der Waals surface area (Å²) in [5.74, 6) is 0.117. The Kier molecular flexibility index (Phi) is 6.09. The quantitative estimate of drug-likeness (QED) is 0.591. The molecule has 4 heteroatoms. The van der Waals surface area contributed by atoms with E-state index in [1.165, 1.54) is 11.8 Å². The number of ketones is 1. The van der Waals surface area contributed by atoms with Crippen molar-refractivity contribution in [1.82, 2.24) is 0 Å². The van der Waals surface area contributed by atoms with Crippen LogP contribution in [-0.4, -0.2) is 24.6 Å². The van der Waals surface area contributed by atoms with Crippen molar-refractivity contribution in [3.8, 4) is 0 Å². The second kappa shape index (κ2) is 7.09. The molecule has 0 aliphatic heterocycles. The second-order valence-electron chi connectivity index (χ2n) is 2.92. The summed E-state index contributed by atoms with van der Waals surface area (Å²) in [6.45, 7) is 0. The van der Waals surface area contributed by atoms with Crippen molar-refractivity contribution in [3.63, 3.8) is 0 Å². The van der Waals surface area contributed by atoms with Gasteiger partial charge in [0.1, 0.15) is 0 Å². The molecule has 0 aromatic heterocycles. The topological polar surface area (TPSA) is 17.1 Å². The predicted octanol–water partition coefficient (Wildman–Crippen LogP) is 4.13. The molecule has 0 saturated carbocycles. The van der Waals surface area contributed by atoms with Gasteiger partial charge in [0.15, 0.2) is 0 Å². The molecule has 0 amide bonds. The zero-order valence-corrected chi connectivity index (χ0v) is 12.0. The molecule has 0 bridgehead atoms. The van der Waals surface area contributed by atoms with Crippen LogP contribution in [0.1, 0.15) is 10.4 Å². The Morgan fingerprint density at radius 2 is 1.50 bits per heavy atom. The van der Waals surface area contributed by atoms with Crippen LogP contribution < -0.4 is 0 Å². The molecule has 0 aliphatic rings. The summed E-state index contributed by atoms with van der Waals surface area (Å²) >= 11 is 4.77. The Labute approximate surface area is 109 Å². The highest BCUT2D eigenvalue weighted by Crippen LogP contribution is 2.34. The second-order valence-corrected chi connectivity index (χ2v) is 5.63. The minimum atomic E-state index is 0.117. The number of carbonyl (C=O) groups is 1. The molecule has 1 aromatic carbocycles. The van der Waals surface area contributed by atoms with Gasteiger partial charge in [-0.1, -0.05) is 30.3 Å². The lowest BCUT2D eigenvalue weighted by Crippen LogP contribution is -2.01. The molecule has 1 rings (SSSR count). The fraction of sp³-hybridized carbons (Fsp3) is 0.250. The van der Waals surface area contributed by atoms with Crippen LogP contribution >= 0.6 is 35.3 Å². The largest absolute Gasteiger partial charge is 0.288 e. The molecule has 0 unspecified atom stereocenters. The number of benzene rings is 1. The fourth-order valence-electron chi connectivity index (χ4n) is 1.26. The third-order valence-electron chi connectivity index (χ3n) is 2.00. The van der Waals surface area contributed by atoms with Crippen LogP contribution in [0.4, 0.5) is 0 Å². The summed E-state index contributed by atoms with van der Waals surface area (Å²) in [7, 11) is 0. The van der Waals surface area contributed by atoms with Crippen molar-refractivity contribution in [2.24, 2.45) is 0 Å². The van der Waals surface area contributed by atoms with Gasteiger partial charge in [-0.2, -0.15) is 0 Å². The third-order valence-corrected chi connectivity index (χ3v) is 5.21. The first-order valence-electron chi connectivity index (χ1n) is 4.70. The van der Waals surface area contributed by atoms with E-state index in [9.17, 15) is 4.79 Å². The van der Waals surface area contributed by atoms with Crippen LogP contribution in [0.3, 0.4) is 0 Å². The maximum absolute atomic E-state index is 12.2. The molecule has 86 valence electrons. The molecule has 0 aliphatic carbocycles. The van der Waals surface area contributed by atoms with Gasteiger partial charge < -0.3 is 0 Å². The van der Waals surface area contributed by atoms with Crippen LogP contribution in [-0.2, 0) is 0 Å². The van der Waals surface area contributed by atoms with Crippen LogP contribution in [0.25, 0.3) is 0 Å². The number of hydrogen-bond acceptors (Lipinski definition) is 4. The van der Waals surface area contributed by atoms with E-state index in [1.54, 1.807) is 23.5 Å². The maximum atomic E-state index is 12.2. The lowest BCUT2D eigenvalue weighted by molar-refractivity contribution is 0.104. The van der Waals surface area contributed by atoms with Crippen molar-refractivity contribution in [3.05, 3.63) is 45.0 Å². The smallest absolute Gasteiger partial charge is 0.200 e. The Morgan fingerprint density at radius 1 is 0.938 bits per heavy atom. The molecule has 1 nitrogen and oxygen atoms in total. The standard InChI is InChI=1S/C12H14OS3/c1-14-11(12(15-2)16-3)10(13)9-7-5-4-6-8-9/h4-8H,1-3H3. The molecule has 0 radical (unpaired) electrons. The normalized spacial score (nSPS) is 9.94. The van der Waals surface area contributed by atoms with E-state index in [1.807, 2.05) is 49.1 Å². The summed E-state index contributed by atoms with van der Waals surface area (Å²) in [4.78, 5) is 13.1. The minimum absolute atomic E-state index is 0.117. The van der Waals surface area contributed by atoms with Gasteiger partial charge in [-0.3, -0.25) is 4.79 Å². The summed E-state index contributed by atoms with van der Waals surface area (Å²) in [5, 5.41) is 0. The van der Waals surface area contributed by atoms with Crippen molar-refractivity contribution < 1.29 is 4.79 Å². The number of carbonyl (C=O) groups excluding carboxylic acids is 1. The average molecular weight is 270 g/mol. The molecule has 0 atom stereocenters. The first-order chi connectivity index (χ1) is 7.74. The van der Waals surface area contributed by atoms with Crippen molar-refractivity contribution >= 4 is 41.1 Å². The number of hydrogen-bond donors (Lipinski definition) is 0. The SMILES string of the molecule is CSC(SC)=C(SC)C(=O)c1ccccc1. The Morgan fingerprint density at radius 3 is 1.94 bits per heavy atom. The highest BCUT2D eigenvalue weighted by atomic mass is 32.2. The van der Waals surface area contributed by atoms with Gasteiger partial charge in [-0.25, -0.2) is 0 Å². The van der Waals surface area contributed by atoms with Crippen molar-refractivity contribution in [1.29, 1.82) is 0 Å². The zero-order chi connectivity index (χ0) is 12.0. The Bertz CT molecular complexity index is 379. The number of thioether (sulfide) groups is 3. The van der Waals surface area contributed by atoms with E-state index in [2.05, 4.69) is 0 Å². The molecular formula is C12H14OS3. The Balaban J connectivity index is 3.08. The van der Waals surface area contributed by atoms with E-state index in [0.717, 1.165) is 14.7 Å². The van der Waals surface area contributed by atoms with Crippen LogP contribution in [0.15, 0.2) is 39.5 Å². The predicted molar refractivity (Wildman–Crippen MR) is 78.3 cm³/mol. The molecule has 0 saturated heterocycles. The van der Waals surface area contributed by atoms with E-state index in [4.69, 9.17) is 0 Å². The average Bonchev–Trinajstić information content (AvgIpc) is 2.36. The van der Waals surface area contributed by atoms with Crippen LogP contribution in [0.5, 0.6) is 0 Å². The number of rotatable bonds is 5. The number of allylic oxidation sites excluding steroid dienone is 1. The first kappa shape index (κ1) is 13.7. The lowest BCUT2D eigenvalue weighted by Gasteiger charge is -2.08. The Hall–Kier alpha value is -0.320. The minimum Gasteiger partial charge on any atom is -0.288 e. The zero-order valence-electron chi connectivity index (χ0n) is 9.52. The van der Waals surface area contributed by atoms with Crippen LogP contribution in [0.2, 0.25) is 0 Å². The third kappa shape index (κ3) is 3.34. The van der Waals surface area contributed by atoms with Gasteiger partial charge in [-0.05, 0) is 18.8 Å². The van der Waals surface area contributed by atoms with Gasteiger partial charge in [-0.15, -0.1) is 35.3 Å². The van der Waals surface area contributed by atoms with E-state index < -0.39 is 0 Å². The van der Waals surface area contributed by atoms with Crippen LogP contribution in [0, 0.1) is 0 Å². The molecule has 16 heavy (non-hydrogen) atoms. The highest BCUT2D eigenvalue weighted by molar-refractivity contribution is 8.22. The van der Waals surface area contributed by atoms with Crippen molar-refractivity contribution in [2.75, 3.05) is 18.8 Å². The monoisotopic (exact) mass is 270 g/mol. The molecule has 1 aromatic rings. The molecule has 0 heterocycles. The fourth-order valence-corrected chi connectivity index (χ4v) is 3.95. The van der Waals surface area contributed by atoms with E-state index >= 15 is 0 Å². The molecular weight excluding hydrogens is 256 g/mol. The maximum Gasteiger partial charge on any atom is 0.200 e. The van der Waals surface area contributed by atoms with Gasteiger partial charge in [0.2, 0.25) is 5.78 Å². The summed E-state index contributed by atoms with van der Waals surface area (Å²) in [5.41, 5.74) is 0.757. The van der Waals surface area contributed by atoms with E-state index in [0.29, 0.717) is 0 Å². The first-order valence-corrected chi connectivity index (χ1v) is 8.38.